The summed E-state index contributed by atoms with van der Waals surface area (Å²) in [6.45, 7) is 2.67. The molecule has 0 bridgehead atoms. The molecule has 0 unspecified atom stereocenters. The molecular formula is C16H20N2O3. The minimum atomic E-state index is -0.710. The second-order valence-electron chi connectivity index (χ2n) is 6.00. The highest BCUT2D eigenvalue weighted by atomic mass is 16.4. The molecule has 1 saturated carbocycles. The number of hydrogen-bond acceptors (Lipinski definition) is 2. The maximum Gasteiger partial charge on any atom is 0.322 e. The second kappa shape index (κ2) is 5.39. The Hall–Kier alpha value is -2.04. The highest BCUT2D eigenvalue weighted by molar-refractivity contribution is 5.92. The first-order valence-electron chi connectivity index (χ1n) is 7.45. The molecular weight excluding hydrogens is 268 g/mol. The first-order valence-corrected chi connectivity index (χ1v) is 7.45. The van der Waals surface area contributed by atoms with E-state index in [0.29, 0.717) is 19.4 Å². The Kier molecular flexibility index (Phi) is 3.57. The molecule has 0 spiro atoms. The van der Waals surface area contributed by atoms with Gasteiger partial charge in [-0.3, -0.25) is 4.79 Å². The van der Waals surface area contributed by atoms with Gasteiger partial charge in [-0.25, -0.2) is 4.79 Å². The van der Waals surface area contributed by atoms with Crippen LogP contribution in [-0.4, -0.2) is 28.0 Å². The lowest BCUT2D eigenvalue weighted by Gasteiger charge is -2.39. The van der Waals surface area contributed by atoms with Gasteiger partial charge in [-0.1, -0.05) is 12.1 Å². The summed E-state index contributed by atoms with van der Waals surface area (Å²) in [5.74, 6) is -0.958. The fraction of sp³-hybridized carbons (Fsp3) is 0.500. The zero-order valence-corrected chi connectivity index (χ0v) is 12.1. The van der Waals surface area contributed by atoms with Gasteiger partial charge in [-0.15, -0.1) is 0 Å². The van der Waals surface area contributed by atoms with Gasteiger partial charge >= 0.3 is 12.0 Å². The number of carbonyl (C=O) groups is 2. The summed E-state index contributed by atoms with van der Waals surface area (Å²) < 4.78 is 0. The van der Waals surface area contributed by atoms with Crippen LogP contribution in [0.1, 0.15) is 36.8 Å². The van der Waals surface area contributed by atoms with Crippen molar-refractivity contribution in [1.29, 1.82) is 0 Å². The molecule has 0 atom stereocenters. The molecule has 5 heteroatoms. The normalized spacial score (nSPS) is 25.2. The number of benzene rings is 1. The summed E-state index contributed by atoms with van der Waals surface area (Å²) in [5.41, 5.74) is 3.24. The summed E-state index contributed by atoms with van der Waals surface area (Å²) in [5, 5.41) is 12.0. The number of rotatable bonds is 2. The third kappa shape index (κ3) is 2.60. The monoisotopic (exact) mass is 288 g/mol. The van der Waals surface area contributed by atoms with Crippen LogP contribution in [0.2, 0.25) is 0 Å². The number of carboxylic acid groups (broad SMARTS) is 1. The molecule has 1 aliphatic carbocycles. The number of anilines is 1. The van der Waals surface area contributed by atoms with Crippen LogP contribution in [0.15, 0.2) is 18.2 Å². The van der Waals surface area contributed by atoms with Crippen LogP contribution in [0, 0.1) is 12.8 Å². The van der Waals surface area contributed by atoms with E-state index in [2.05, 4.69) is 18.3 Å². The molecule has 2 N–H and O–H groups in total. The van der Waals surface area contributed by atoms with Crippen molar-refractivity contribution >= 4 is 17.7 Å². The molecule has 1 heterocycles. The van der Waals surface area contributed by atoms with E-state index in [0.717, 1.165) is 24.1 Å². The van der Waals surface area contributed by atoms with Crippen molar-refractivity contribution in [2.45, 2.75) is 45.2 Å². The van der Waals surface area contributed by atoms with Gasteiger partial charge in [0, 0.05) is 11.7 Å². The molecule has 1 fully saturated rings. The quantitative estimate of drug-likeness (QED) is 0.879. The van der Waals surface area contributed by atoms with Crippen molar-refractivity contribution in [1.82, 2.24) is 4.90 Å². The molecule has 2 aliphatic rings. The van der Waals surface area contributed by atoms with Gasteiger partial charge in [0.25, 0.3) is 0 Å². The van der Waals surface area contributed by atoms with Crippen molar-refractivity contribution in [2.24, 2.45) is 5.92 Å². The van der Waals surface area contributed by atoms with E-state index in [-0.39, 0.29) is 18.0 Å². The van der Waals surface area contributed by atoms with Crippen molar-refractivity contribution in [3.63, 3.8) is 0 Å². The summed E-state index contributed by atoms with van der Waals surface area (Å²) >= 11 is 0. The van der Waals surface area contributed by atoms with E-state index in [1.165, 1.54) is 5.56 Å². The Morgan fingerprint density at radius 2 is 2.00 bits per heavy atom. The number of aliphatic carboxylic acids is 1. The third-order valence-electron chi connectivity index (χ3n) is 4.73. The molecule has 1 aliphatic heterocycles. The number of nitrogens with zero attached hydrogens (tertiary/aromatic N) is 1. The van der Waals surface area contributed by atoms with Gasteiger partial charge in [0.2, 0.25) is 0 Å². The fourth-order valence-electron chi connectivity index (χ4n) is 3.39. The van der Waals surface area contributed by atoms with Crippen LogP contribution in [0.5, 0.6) is 0 Å². The second-order valence-corrected chi connectivity index (χ2v) is 6.00. The third-order valence-corrected chi connectivity index (χ3v) is 4.73. The summed E-state index contributed by atoms with van der Waals surface area (Å²) in [6.07, 6.45) is 2.85. The molecule has 5 nitrogen and oxygen atoms in total. The first-order chi connectivity index (χ1) is 10.1. The van der Waals surface area contributed by atoms with Crippen LogP contribution < -0.4 is 5.32 Å². The van der Waals surface area contributed by atoms with Crippen molar-refractivity contribution in [3.05, 3.63) is 29.3 Å². The zero-order valence-electron chi connectivity index (χ0n) is 12.1. The van der Waals surface area contributed by atoms with Gasteiger partial charge in [-0.05, 0) is 49.8 Å². The molecule has 3 rings (SSSR count). The van der Waals surface area contributed by atoms with Gasteiger partial charge < -0.3 is 15.3 Å². The minimum absolute atomic E-state index is 0.0631. The molecule has 0 saturated heterocycles. The largest absolute Gasteiger partial charge is 0.481 e. The van der Waals surface area contributed by atoms with Crippen molar-refractivity contribution < 1.29 is 14.7 Å². The lowest BCUT2D eigenvalue weighted by molar-refractivity contribution is -0.143. The minimum Gasteiger partial charge on any atom is -0.481 e. The number of amides is 2. The van der Waals surface area contributed by atoms with Crippen molar-refractivity contribution in [3.8, 4) is 0 Å². The van der Waals surface area contributed by atoms with Crippen LogP contribution in [0.4, 0.5) is 10.5 Å². The Labute approximate surface area is 123 Å². The number of carboxylic acids is 1. The number of hydrogen-bond donors (Lipinski definition) is 2. The number of fused-ring (bicyclic) bond motifs is 1. The molecule has 2 amide bonds. The van der Waals surface area contributed by atoms with Gasteiger partial charge in [0.1, 0.15) is 0 Å². The average molecular weight is 288 g/mol. The Bertz CT molecular complexity index is 577. The highest BCUT2D eigenvalue weighted by Crippen LogP contribution is 2.33. The van der Waals surface area contributed by atoms with E-state index in [1.807, 2.05) is 17.0 Å². The lowest BCUT2D eigenvalue weighted by Crippen LogP contribution is -2.47. The number of urea groups is 1. The Morgan fingerprint density at radius 1 is 1.29 bits per heavy atom. The number of nitrogens with one attached hydrogen (secondary N) is 1. The van der Waals surface area contributed by atoms with Gasteiger partial charge in [-0.2, -0.15) is 0 Å². The highest BCUT2D eigenvalue weighted by Gasteiger charge is 2.34. The van der Waals surface area contributed by atoms with Crippen LogP contribution in [0.25, 0.3) is 0 Å². The van der Waals surface area contributed by atoms with E-state index in [4.69, 9.17) is 5.11 Å². The molecule has 21 heavy (non-hydrogen) atoms. The van der Waals surface area contributed by atoms with Gasteiger partial charge in [0.05, 0.1) is 12.5 Å². The summed E-state index contributed by atoms with van der Waals surface area (Å²) in [7, 11) is 0. The number of aryl methyl sites for hydroxylation is 1. The SMILES string of the molecule is Cc1cccc2c1CN(C1CCC(C(=O)O)CC1)C(=O)N2. The molecule has 0 radical (unpaired) electrons. The van der Waals surface area contributed by atoms with Crippen molar-refractivity contribution in [2.75, 3.05) is 5.32 Å². The van der Waals surface area contributed by atoms with Crippen LogP contribution in [0.3, 0.4) is 0 Å². The first kappa shape index (κ1) is 13.9. The number of carbonyl (C=O) groups excluding carboxylic acids is 1. The predicted octanol–water partition coefficient (Wildman–Crippen LogP) is 2.99. The standard InChI is InChI=1S/C16H20N2O3/c1-10-3-2-4-14-13(10)9-18(16(21)17-14)12-7-5-11(6-8-12)15(19)20/h2-4,11-12H,5-9H2,1H3,(H,17,21)(H,19,20). The fourth-order valence-corrected chi connectivity index (χ4v) is 3.39. The van der Waals surface area contributed by atoms with E-state index in [9.17, 15) is 9.59 Å². The molecule has 112 valence electrons. The molecule has 1 aromatic carbocycles. The lowest BCUT2D eigenvalue weighted by atomic mass is 9.85. The smallest absolute Gasteiger partial charge is 0.322 e. The maximum atomic E-state index is 12.3. The van der Waals surface area contributed by atoms with Crippen LogP contribution in [-0.2, 0) is 11.3 Å². The summed E-state index contributed by atoms with van der Waals surface area (Å²) in [6, 6.07) is 6.01. The zero-order chi connectivity index (χ0) is 15.0. The van der Waals surface area contributed by atoms with Crippen LogP contribution >= 0.6 is 0 Å². The Balaban J connectivity index is 1.74. The van der Waals surface area contributed by atoms with E-state index in [1.54, 1.807) is 0 Å². The topological polar surface area (TPSA) is 69.6 Å². The maximum absolute atomic E-state index is 12.3. The summed E-state index contributed by atoms with van der Waals surface area (Å²) in [4.78, 5) is 25.2. The average Bonchev–Trinajstić information content (AvgIpc) is 2.47. The van der Waals surface area contributed by atoms with Gasteiger partial charge in [0.15, 0.2) is 0 Å². The van der Waals surface area contributed by atoms with E-state index < -0.39 is 5.97 Å². The van der Waals surface area contributed by atoms with E-state index >= 15 is 0 Å². The molecule has 1 aromatic rings. The Morgan fingerprint density at radius 3 is 2.67 bits per heavy atom. The molecule has 0 aromatic heterocycles. The predicted molar refractivity (Wildman–Crippen MR) is 79.1 cm³/mol.